The fourth-order valence-electron chi connectivity index (χ4n) is 1.86. The van der Waals surface area contributed by atoms with Crippen LogP contribution >= 0.6 is 0 Å². The number of aromatic nitrogens is 1. The molecular formula is C15H11F5N2O4S. The Hall–Kier alpha value is -2.76. The van der Waals surface area contributed by atoms with E-state index in [-0.39, 0.29) is 17.1 Å². The third-order valence-electron chi connectivity index (χ3n) is 3.06. The second-order valence-electron chi connectivity index (χ2n) is 5.04. The van der Waals surface area contributed by atoms with Crippen LogP contribution in [0, 0.1) is 0 Å². The number of para-hydroxylation sites is 1. The summed E-state index contributed by atoms with van der Waals surface area (Å²) in [6.07, 6.45) is -3.66. The molecule has 1 aromatic heterocycles. The van der Waals surface area contributed by atoms with Crippen LogP contribution in [0.25, 0.3) is 0 Å². The highest BCUT2D eigenvalue weighted by atomic mass is 32.2. The number of amides is 1. The first-order chi connectivity index (χ1) is 12.5. The summed E-state index contributed by atoms with van der Waals surface area (Å²) in [6, 6.07) is 6.64. The molecule has 0 spiro atoms. The van der Waals surface area contributed by atoms with Gasteiger partial charge >= 0.3 is 11.9 Å². The van der Waals surface area contributed by atoms with E-state index < -0.39 is 39.2 Å². The van der Waals surface area contributed by atoms with Crippen molar-refractivity contribution < 1.29 is 39.9 Å². The van der Waals surface area contributed by atoms with Crippen LogP contribution in [0.15, 0.2) is 47.5 Å². The number of pyridine rings is 1. The van der Waals surface area contributed by atoms with E-state index in [2.05, 4.69) is 15.0 Å². The third kappa shape index (κ3) is 5.36. The summed E-state index contributed by atoms with van der Waals surface area (Å²) in [5, 5.41) is 2.15. The summed E-state index contributed by atoms with van der Waals surface area (Å²) in [6.45, 7) is -1.57. The molecule has 0 saturated carbocycles. The van der Waals surface area contributed by atoms with Gasteiger partial charge in [0.25, 0.3) is 5.91 Å². The number of ether oxygens (including phenoxy) is 1. The Bertz CT molecular complexity index is 915. The molecule has 0 aliphatic carbocycles. The topological polar surface area (TPSA) is 85.4 Å². The van der Waals surface area contributed by atoms with Crippen LogP contribution in [0.5, 0.6) is 5.88 Å². The van der Waals surface area contributed by atoms with Crippen molar-refractivity contribution in [1.29, 1.82) is 0 Å². The minimum atomic E-state index is -4.95. The molecule has 2 rings (SSSR count). The predicted octanol–water partition coefficient (Wildman–Crippen LogP) is 3.27. The number of halogens is 5. The predicted molar refractivity (Wildman–Crippen MR) is 83.4 cm³/mol. The van der Waals surface area contributed by atoms with E-state index in [0.717, 1.165) is 30.5 Å². The fraction of sp³-hybridized carbons (Fsp3) is 0.200. The Morgan fingerprint density at radius 1 is 1.15 bits per heavy atom. The average Bonchev–Trinajstić information content (AvgIpc) is 2.60. The molecule has 6 nitrogen and oxygen atoms in total. The van der Waals surface area contributed by atoms with Gasteiger partial charge in [-0.2, -0.15) is 22.0 Å². The maximum atomic E-state index is 12.7. The monoisotopic (exact) mass is 410 g/mol. The lowest BCUT2D eigenvalue weighted by atomic mass is 10.2. The summed E-state index contributed by atoms with van der Waals surface area (Å²) >= 11 is 0. The number of hydrogen-bond donors (Lipinski definition) is 1. The van der Waals surface area contributed by atoms with Crippen molar-refractivity contribution in [3.63, 3.8) is 0 Å². The molecule has 0 unspecified atom stereocenters. The van der Waals surface area contributed by atoms with E-state index in [1.54, 1.807) is 0 Å². The van der Waals surface area contributed by atoms with Gasteiger partial charge in [-0.15, -0.1) is 0 Å². The highest BCUT2D eigenvalue weighted by Crippen LogP contribution is 2.26. The maximum absolute atomic E-state index is 12.7. The first kappa shape index (κ1) is 20.6. The van der Waals surface area contributed by atoms with Crippen molar-refractivity contribution in [2.24, 2.45) is 0 Å². The Morgan fingerprint density at radius 2 is 1.81 bits per heavy atom. The number of nitrogens with zero attached hydrogens (tertiary/aromatic N) is 1. The van der Waals surface area contributed by atoms with Gasteiger partial charge < -0.3 is 10.1 Å². The average molecular weight is 410 g/mol. The van der Waals surface area contributed by atoms with Crippen LogP contribution < -0.4 is 10.1 Å². The first-order valence-corrected chi connectivity index (χ1v) is 8.63. The van der Waals surface area contributed by atoms with Gasteiger partial charge in [0, 0.05) is 12.3 Å². The number of benzene rings is 1. The molecular weight excluding hydrogens is 399 g/mol. The molecule has 1 N–H and O–H groups in total. The van der Waals surface area contributed by atoms with Crippen LogP contribution in [0.1, 0.15) is 10.4 Å². The van der Waals surface area contributed by atoms with Crippen LogP contribution in [0.2, 0.25) is 0 Å². The largest absolute Gasteiger partial charge is 0.468 e. The zero-order valence-electron chi connectivity index (χ0n) is 13.2. The van der Waals surface area contributed by atoms with Crippen molar-refractivity contribution in [3.05, 3.63) is 48.2 Å². The van der Waals surface area contributed by atoms with Gasteiger partial charge in [0.15, 0.2) is 6.61 Å². The summed E-state index contributed by atoms with van der Waals surface area (Å²) in [5.41, 5.74) is -0.529. The SMILES string of the molecule is O=C(Nc1ccccc1S(=O)(=O)C(F)F)c1ccc(OCC(F)(F)F)nc1. The van der Waals surface area contributed by atoms with Gasteiger partial charge in [0.2, 0.25) is 15.7 Å². The standard InChI is InChI=1S/C15H11F5N2O4S/c16-14(17)27(24,25)11-4-2-1-3-10(11)22-13(23)9-5-6-12(21-7-9)26-8-15(18,19)20/h1-7,14H,8H2,(H,22,23). The van der Waals surface area contributed by atoms with Crippen molar-refractivity contribution in [3.8, 4) is 5.88 Å². The first-order valence-electron chi connectivity index (χ1n) is 7.09. The number of carbonyl (C=O) groups is 1. The van der Waals surface area contributed by atoms with E-state index in [4.69, 9.17) is 0 Å². The molecule has 0 fully saturated rings. The lowest BCUT2D eigenvalue weighted by molar-refractivity contribution is -0.154. The van der Waals surface area contributed by atoms with Gasteiger partial charge in [-0.05, 0) is 18.2 Å². The van der Waals surface area contributed by atoms with Crippen molar-refractivity contribution in [2.45, 2.75) is 16.8 Å². The van der Waals surface area contributed by atoms with E-state index in [0.29, 0.717) is 0 Å². The molecule has 0 aliphatic heterocycles. The van der Waals surface area contributed by atoms with Crippen LogP contribution in [-0.2, 0) is 9.84 Å². The normalized spacial score (nSPS) is 12.1. The van der Waals surface area contributed by atoms with E-state index >= 15 is 0 Å². The van der Waals surface area contributed by atoms with E-state index in [1.165, 1.54) is 12.1 Å². The molecule has 1 heterocycles. The molecule has 1 amide bonds. The zero-order chi connectivity index (χ0) is 20.2. The molecule has 0 bridgehead atoms. The number of alkyl halides is 5. The molecule has 2 aromatic rings. The highest BCUT2D eigenvalue weighted by Gasteiger charge is 2.30. The quantitative estimate of drug-likeness (QED) is 0.739. The molecule has 1 aromatic carbocycles. The molecule has 0 aliphatic rings. The number of sulfone groups is 1. The minimum absolute atomic E-state index is 0.154. The lowest BCUT2D eigenvalue weighted by Crippen LogP contribution is -2.20. The summed E-state index contributed by atoms with van der Waals surface area (Å²) < 4.78 is 89.3. The molecule has 0 saturated heterocycles. The molecule has 12 heteroatoms. The molecule has 146 valence electrons. The van der Waals surface area contributed by atoms with Gasteiger partial charge in [-0.25, -0.2) is 13.4 Å². The Kier molecular flexibility index (Phi) is 5.98. The number of anilines is 1. The summed E-state index contributed by atoms with van der Waals surface area (Å²) in [4.78, 5) is 14.9. The number of rotatable bonds is 6. The molecule has 0 atom stereocenters. The smallest absolute Gasteiger partial charge is 0.422 e. The van der Waals surface area contributed by atoms with Crippen LogP contribution in [0.4, 0.5) is 27.6 Å². The van der Waals surface area contributed by atoms with Crippen molar-refractivity contribution in [1.82, 2.24) is 4.98 Å². The maximum Gasteiger partial charge on any atom is 0.422 e. The minimum Gasteiger partial charge on any atom is -0.468 e. The third-order valence-corrected chi connectivity index (χ3v) is 4.50. The fourth-order valence-corrected chi connectivity index (χ4v) is 2.75. The molecule has 27 heavy (non-hydrogen) atoms. The van der Waals surface area contributed by atoms with E-state index in [1.807, 2.05) is 0 Å². The van der Waals surface area contributed by atoms with Crippen LogP contribution in [0.3, 0.4) is 0 Å². The molecule has 0 radical (unpaired) electrons. The number of carbonyl (C=O) groups excluding carboxylic acids is 1. The van der Waals surface area contributed by atoms with Gasteiger partial charge in [0.1, 0.15) is 0 Å². The highest BCUT2D eigenvalue weighted by molar-refractivity contribution is 7.91. The Balaban J connectivity index is 2.17. The van der Waals surface area contributed by atoms with Crippen molar-refractivity contribution >= 4 is 21.4 Å². The van der Waals surface area contributed by atoms with Gasteiger partial charge in [-0.3, -0.25) is 4.79 Å². The van der Waals surface area contributed by atoms with E-state index in [9.17, 15) is 35.2 Å². The number of hydrogen-bond acceptors (Lipinski definition) is 5. The second-order valence-corrected chi connectivity index (χ2v) is 6.93. The lowest BCUT2D eigenvalue weighted by Gasteiger charge is -2.11. The van der Waals surface area contributed by atoms with Crippen LogP contribution in [-0.4, -0.2) is 37.8 Å². The van der Waals surface area contributed by atoms with Crippen molar-refractivity contribution in [2.75, 3.05) is 11.9 Å². The zero-order valence-corrected chi connectivity index (χ0v) is 14.0. The summed E-state index contributed by atoms with van der Waals surface area (Å²) in [7, 11) is -4.95. The van der Waals surface area contributed by atoms with Gasteiger partial charge in [-0.1, -0.05) is 12.1 Å². The Labute approximate surface area is 149 Å². The second kappa shape index (κ2) is 7.86. The Morgan fingerprint density at radius 3 is 2.37 bits per heavy atom. The summed E-state index contributed by atoms with van der Waals surface area (Å²) in [5.74, 6) is -4.96. The van der Waals surface area contributed by atoms with Gasteiger partial charge in [0.05, 0.1) is 16.1 Å². The number of nitrogens with one attached hydrogen (secondary N) is 1.